The maximum atomic E-state index is 12.6. The molecule has 0 saturated carbocycles. The molecule has 0 bridgehead atoms. The van der Waals surface area contributed by atoms with E-state index in [1.807, 2.05) is 0 Å². The molecule has 1 aromatic carbocycles. The minimum absolute atomic E-state index is 0.264. The van der Waals surface area contributed by atoms with Crippen LogP contribution in [0.2, 0.25) is 0 Å². The first-order valence-electron chi connectivity index (χ1n) is 9.51. The molecule has 31 heavy (non-hydrogen) atoms. The Balaban J connectivity index is 1.90. The van der Waals surface area contributed by atoms with Crippen molar-refractivity contribution in [3.05, 3.63) is 93.0 Å². The van der Waals surface area contributed by atoms with Crippen LogP contribution in [0.5, 0.6) is 0 Å². The summed E-state index contributed by atoms with van der Waals surface area (Å²) in [6.07, 6.45) is 6.11. The van der Waals surface area contributed by atoms with E-state index in [1.54, 1.807) is 48.6 Å². The Bertz CT molecular complexity index is 1130. The third kappa shape index (κ3) is 5.58. The second kappa shape index (κ2) is 9.87. The average Bonchev–Trinajstić information content (AvgIpc) is 2.78. The van der Waals surface area contributed by atoms with Gasteiger partial charge in [-0.05, 0) is 12.1 Å². The molecule has 3 unspecified atom stereocenters. The number of hydrogen-bond donors (Lipinski definition) is 1. The summed E-state index contributed by atoms with van der Waals surface area (Å²) < 4.78 is 29.3. The molecule has 10 heteroatoms. The number of allylic oxidation sites excluding steroid dienone is 1. The van der Waals surface area contributed by atoms with Crippen molar-refractivity contribution in [1.29, 1.82) is 0 Å². The Labute approximate surface area is 178 Å². The average molecular weight is 446 g/mol. The number of hydrogen-bond acceptors (Lipinski definition) is 7. The van der Waals surface area contributed by atoms with E-state index in [1.165, 1.54) is 36.9 Å². The molecule has 0 amide bonds. The number of carbonyl (C=O) groups excluding carboxylic acids is 1. The lowest BCUT2D eigenvalue weighted by Gasteiger charge is -2.31. The molecular weight excluding hydrogens is 423 g/mol. The molecule has 2 aromatic rings. The third-order valence-electron chi connectivity index (χ3n) is 4.93. The Morgan fingerprint density at radius 1 is 1.13 bits per heavy atom. The molecule has 3 rings (SSSR count). The standard InChI is InChI=1S/C21H23N2O7P/c1-28-31(27,29-2)13-11-15-8-9-17(23-12-10-19(24)22-21(23)26)14-18(15)30-20(25)16-6-4-3-5-7-16/h3-13,15,17-18H,14H2,1-2H3,(H,22,24,26)/b13-11+. The third-order valence-corrected chi connectivity index (χ3v) is 6.49. The minimum Gasteiger partial charge on any atom is -0.458 e. The normalized spacial score (nSPS) is 21.3. The summed E-state index contributed by atoms with van der Waals surface area (Å²) in [6.45, 7) is 0. The number of rotatable bonds is 7. The monoisotopic (exact) mass is 446 g/mol. The van der Waals surface area contributed by atoms with Gasteiger partial charge in [0.05, 0.1) is 11.6 Å². The van der Waals surface area contributed by atoms with Gasteiger partial charge in [-0.2, -0.15) is 0 Å². The van der Waals surface area contributed by atoms with Gasteiger partial charge in [-0.1, -0.05) is 36.4 Å². The highest BCUT2D eigenvalue weighted by molar-refractivity contribution is 7.57. The predicted molar refractivity (Wildman–Crippen MR) is 114 cm³/mol. The maximum absolute atomic E-state index is 12.6. The van der Waals surface area contributed by atoms with Crippen LogP contribution in [-0.2, 0) is 18.3 Å². The SMILES string of the molecule is COP(=O)(/C=C/C1C=CC(n2ccc(=O)[nH]c2=O)CC1OC(=O)c1ccccc1)OC. The van der Waals surface area contributed by atoms with E-state index in [0.717, 1.165) is 0 Å². The summed E-state index contributed by atoms with van der Waals surface area (Å²) >= 11 is 0. The summed E-state index contributed by atoms with van der Waals surface area (Å²) in [5, 5.41) is 0. The van der Waals surface area contributed by atoms with E-state index in [4.69, 9.17) is 13.8 Å². The number of aromatic amines is 1. The van der Waals surface area contributed by atoms with Gasteiger partial charge in [-0.25, -0.2) is 9.59 Å². The van der Waals surface area contributed by atoms with E-state index < -0.39 is 42.9 Å². The number of aromatic nitrogens is 2. The Morgan fingerprint density at radius 3 is 2.48 bits per heavy atom. The van der Waals surface area contributed by atoms with Crippen LogP contribution in [0.15, 0.2) is 76.2 Å². The molecule has 0 saturated heterocycles. The van der Waals surface area contributed by atoms with Gasteiger partial charge in [-0.15, -0.1) is 0 Å². The fourth-order valence-electron chi connectivity index (χ4n) is 3.24. The molecule has 0 radical (unpaired) electrons. The molecule has 1 aliphatic rings. The summed E-state index contributed by atoms with van der Waals surface area (Å²) in [6, 6.07) is 9.33. The summed E-state index contributed by atoms with van der Waals surface area (Å²) in [5.74, 6) is 0.368. The van der Waals surface area contributed by atoms with Crippen molar-refractivity contribution in [3.8, 4) is 0 Å². The van der Waals surface area contributed by atoms with E-state index in [0.29, 0.717) is 5.56 Å². The van der Waals surface area contributed by atoms with Crippen LogP contribution in [0, 0.1) is 5.92 Å². The number of esters is 1. The number of carbonyl (C=O) groups is 1. The van der Waals surface area contributed by atoms with E-state index in [9.17, 15) is 18.9 Å². The highest BCUT2D eigenvalue weighted by atomic mass is 31.2. The molecule has 9 nitrogen and oxygen atoms in total. The van der Waals surface area contributed by atoms with Crippen LogP contribution >= 0.6 is 7.60 Å². The Morgan fingerprint density at radius 2 is 1.84 bits per heavy atom. The first-order valence-corrected chi connectivity index (χ1v) is 11.1. The van der Waals surface area contributed by atoms with Gasteiger partial charge in [0.25, 0.3) is 5.56 Å². The second-order valence-electron chi connectivity index (χ2n) is 6.84. The Hall–Kier alpha value is -3.00. The van der Waals surface area contributed by atoms with Crippen molar-refractivity contribution in [2.75, 3.05) is 14.2 Å². The van der Waals surface area contributed by atoms with E-state index in [2.05, 4.69) is 4.98 Å². The predicted octanol–water partition coefficient (Wildman–Crippen LogP) is 2.88. The van der Waals surface area contributed by atoms with Gasteiger partial charge in [0.1, 0.15) is 6.10 Å². The lowest BCUT2D eigenvalue weighted by Crippen LogP contribution is -2.36. The number of H-pyrrole nitrogens is 1. The van der Waals surface area contributed by atoms with Crippen molar-refractivity contribution in [3.63, 3.8) is 0 Å². The molecule has 0 fully saturated rings. The fourth-order valence-corrected chi connectivity index (χ4v) is 4.05. The molecular formula is C21H23N2O7P. The fraction of sp³-hybridized carbons (Fsp3) is 0.286. The van der Waals surface area contributed by atoms with Gasteiger partial charge in [-0.3, -0.25) is 18.9 Å². The topological polar surface area (TPSA) is 117 Å². The smallest absolute Gasteiger partial charge is 0.353 e. The molecule has 1 aromatic heterocycles. The van der Waals surface area contributed by atoms with Gasteiger partial charge in [0, 0.05) is 44.6 Å². The molecule has 1 N–H and O–H groups in total. The van der Waals surface area contributed by atoms with Crippen molar-refractivity contribution < 1.29 is 23.1 Å². The van der Waals surface area contributed by atoms with Crippen molar-refractivity contribution in [2.24, 2.45) is 5.92 Å². The Kier molecular flexibility index (Phi) is 7.22. The van der Waals surface area contributed by atoms with Gasteiger partial charge in [0.15, 0.2) is 0 Å². The lowest BCUT2D eigenvalue weighted by atomic mass is 9.89. The highest BCUT2D eigenvalue weighted by Gasteiger charge is 2.31. The maximum Gasteiger partial charge on any atom is 0.353 e. The van der Waals surface area contributed by atoms with Gasteiger partial charge < -0.3 is 13.8 Å². The molecule has 0 spiro atoms. The van der Waals surface area contributed by atoms with Crippen LogP contribution in [0.1, 0.15) is 22.8 Å². The minimum atomic E-state index is -3.40. The van der Waals surface area contributed by atoms with Crippen LogP contribution < -0.4 is 11.2 Å². The number of benzene rings is 1. The highest BCUT2D eigenvalue weighted by Crippen LogP contribution is 2.48. The van der Waals surface area contributed by atoms with Crippen LogP contribution in [0.3, 0.4) is 0 Å². The number of nitrogens with zero attached hydrogens (tertiary/aromatic N) is 1. The number of nitrogens with one attached hydrogen (secondary N) is 1. The van der Waals surface area contributed by atoms with E-state index in [-0.39, 0.29) is 6.42 Å². The number of ether oxygens (including phenoxy) is 1. The summed E-state index contributed by atoms with van der Waals surface area (Å²) in [5.41, 5.74) is -0.673. The van der Waals surface area contributed by atoms with Crippen LogP contribution in [0.4, 0.5) is 0 Å². The summed E-state index contributed by atoms with van der Waals surface area (Å²) in [7, 11) is -0.854. The lowest BCUT2D eigenvalue weighted by molar-refractivity contribution is 0.0175. The molecule has 1 aliphatic carbocycles. The van der Waals surface area contributed by atoms with Crippen LogP contribution in [-0.4, -0.2) is 35.8 Å². The molecule has 164 valence electrons. The molecule has 1 heterocycles. The van der Waals surface area contributed by atoms with Crippen molar-refractivity contribution in [1.82, 2.24) is 9.55 Å². The van der Waals surface area contributed by atoms with Crippen LogP contribution in [0.25, 0.3) is 0 Å². The first-order chi connectivity index (χ1) is 14.8. The second-order valence-corrected chi connectivity index (χ2v) is 8.95. The van der Waals surface area contributed by atoms with E-state index >= 15 is 0 Å². The molecule has 0 aliphatic heterocycles. The van der Waals surface area contributed by atoms with Gasteiger partial charge >= 0.3 is 19.3 Å². The molecule has 3 atom stereocenters. The zero-order chi connectivity index (χ0) is 22.4. The van der Waals surface area contributed by atoms with Crippen molar-refractivity contribution in [2.45, 2.75) is 18.6 Å². The van der Waals surface area contributed by atoms with Gasteiger partial charge in [0.2, 0.25) is 0 Å². The summed E-state index contributed by atoms with van der Waals surface area (Å²) in [4.78, 5) is 38.4. The largest absolute Gasteiger partial charge is 0.458 e. The quantitative estimate of drug-likeness (QED) is 0.395. The zero-order valence-electron chi connectivity index (χ0n) is 17.0. The van der Waals surface area contributed by atoms with Crippen molar-refractivity contribution >= 4 is 13.6 Å². The zero-order valence-corrected chi connectivity index (χ0v) is 17.9. The first kappa shape index (κ1) is 22.7.